The Kier molecular flexibility index (Phi) is 4.45. The molecule has 6 heteroatoms. The lowest BCUT2D eigenvalue weighted by Crippen LogP contribution is -2.36. The summed E-state index contributed by atoms with van der Waals surface area (Å²) < 4.78 is 24.8. The Labute approximate surface area is 120 Å². The third-order valence-electron chi connectivity index (χ3n) is 3.44. The van der Waals surface area contributed by atoms with Gasteiger partial charge in [0.1, 0.15) is 0 Å². The van der Waals surface area contributed by atoms with Crippen LogP contribution in [0.2, 0.25) is 0 Å². The zero-order valence-corrected chi connectivity index (χ0v) is 12.6. The van der Waals surface area contributed by atoms with Gasteiger partial charge in [-0.25, -0.2) is 8.42 Å². The monoisotopic (exact) mass is 296 g/mol. The van der Waals surface area contributed by atoms with Crippen molar-refractivity contribution in [3.63, 3.8) is 0 Å². The van der Waals surface area contributed by atoms with Crippen LogP contribution in [-0.2, 0) is 14.8 Å². The van der Waals surface area contributed by atoms with Crippen molar-refractivity contribution in [2.75, 3.05) is 24.7 Å². The van der Waals surface area contributed by atoms with Gasteiger partial charge < -0.3 is 4.90 Å². The van der Waals surface area contributed by atoms with Gasteiger partial charge in [0.25, 0.3) is 0 Å². The number of anilines is 1. The second-order valence-electron chi connectivity index (χ2n) is 5.14. The van der Waals surface area contributed by atoms with Crippen LogP contribution in [0.3, 0.4) is 0 Å². The first-order valence-electron chi connectivity index (χ1n) is 6.68. The summed E-state index contributed by atoms with van der Waals surface area (Å²) in [5, 5.41) is 0. The maximum atomic E-state index is 12.1. The van der Waals surface area contributed by atoms with Crippen LogP contribution < -0.4 is 4.90 Å². The standard InChI is InChI=1S/C14H20N2O3S/c1-15(12-6-4-3-5-7-12)14(17)10-11-16(13-8-9-13)20(2,18)19/h3-7,13H,8-11H2,1-2H3. The highest BCUT2D eigenvalue weighted by Gasteiger charge is 2.35. The quantitative estimate of drug-likeness (QED) is 0.798. The van der Waals surface area contributed by atoms with Crippen LogP contribution in [0.5, 0.6) is 0 Å². The molecule has 0 bridgehead atoms. The second kappa shape index (κ2) is 5.93. The van der Waals surface area contributed by atoms with Crippen molar-refractivity contribution in [3.05, 3.63) is 30.3 Å². The summed E-state index contributed by atoms with van der Waals surface area (Å²) in [5.41, 5.74) is 0.815. The van der Waals surface area contributed by atoms with Crippen molar-refractivity contribution in [2.24, 2.45) is 0 Å². The van der Waals surface area contributed by atoms with E-state index in [9.17, 15) is 13.2 Å². The summed E-state index contributed by atoms with van der Waals surface area (Å²) in [5.74, 6) is -0.0782. The number of hydrogen-bond acceptors (Lipinski definition) is 3. The molecule has 0 atom stereocenters. The number of carbonyl (C=O) groups is 1. The van der Waals surface area contributed by atoms with Gasteiger partial charge in [-0.05, 0) is 25.0 Å². The molecule has 1 saturated carbocycles. The fourth-order valence-corrected chi connectivity index (χ4v) is 3.33. The third-order valence-corrected chi connectivity index (χ3v) is 4.78. The lowest BCUT2D eigenvalue weighted by atomic mass is 10.2. The molecule has 5 nitrogen and oxygen atoms in total. The second-order valence-corrected chi connectivity index (χ2v) is 7.08. The van der Waals surface area contributed by atoms with Crippen LogP contribution in [-0.4, -0.2) is 44.5 Å². The Morgan fingerprint density at radius 1 is 1.25 bits per heavy atom. The molecule has 1 aromatic rings. The molecule has 0 radical (unpaired) electrons. The molecular weight excluding hydrogens is 276 g/mol. The van der Waals surface area contributed by atoms with E-state index in [0.717, 1.165) is 18.5 Å². The number of hydrogen-bond donors (Lipinski definition) is 0. The van der Waals surface area contributed by atoms with Gasteiger partial charge in [0.15, 0.2) is 0 Å². The molecule has 1 aromatic carbocycles. The van der Waals surface area contributed by atoms with E-state index in [4.69, 9.17) is 0 Å². The summed E-state index contributed by atoms with van der Waals surface area (Å²) in [6.07, 6.45) is 3.21. The van der Waals surface area contributed by atoms with E-state index in [1.807, 2.05) is 30.3 Å². The maximum absolute atomic E-state index is 12.1. The van der Waals surface area contributed by atoms with Crippen LogP contribution >= 0.6 is 0 Å². The molecule has 0 unspecified atom stereocenters. The predicted octanol–water partition coefficient (Wildman–Crippen LogP) is 1.46. The Morgan fingerprint density at radius 3 is 2.35 bits per heavy atom. The molecule has 20 heavy (non-hydrogen) atoms. The molecule has 0 spiro atoms. The largest absolute Gasteiger partial charge is 0.315 e. The molecule has 0 aliphatic heterocycles. The summed E-state index contributed by atoms with van der Waals surface area (Å²) in [6, 6.07) is 9.43. The van der Waals surface area contributed by atoms with Crippen molar-refractivity contribution in [2.45, 2.75) is 25.3 Å². The van der Waals surface area contributed by atoms with E-state index in [-0.39, 0.29) is 24.9 Å². The molecule has 110 valence electrons. The SMILES string of the molecule is CN(C(=O)CCN(C1CC1)S(C)(=O)=O)c1ccccc1. The Hall–Kier alpha value is -1.40. The molecule has 1 aliphatic rings. The average molecular weight is 296 g/mol. The van der Waals surface area contributed by atoms with Crippen LogP contribution in [0.15, 0.2) is 30.3 Å². The van der Waals surface area contributed by atoms with Crippen molar-refractivity contribution in [3.8, 4) is 0 Å². The fraction of sp³-hybridized carbons (Fsp3) is 0.500. The number of nitrogens with zero attached hydrogens (tertiary/aromatic N) is 2. The van der Waals surface area contributed by atoms with Crippen LogP contribution in [0.1, 0.15) is 19.3 Å². The fourth-order valence-electron chi connectivity index (χ4n) is 2.15. The Morgan fingerprint density at radius 2 is 1.85 bits per heavy atom. The molecule has 0 aromatic heterocycles. The zero-order chi connectivity index (χ0) is 14.8. The van der Waals surface area contributed by atoms with E-state index in [2.05, 4.69) is 0 Å². The van der Waals surface area contributed by atoms with E-state index >= 15 is 0 Å². The lowest BCUT2D eigenvalue weighted by molar-refractivity contribution is -0.118. The van der Waals surface area contributed by atoms with E-state index < -0.39 is 10.0 Å². The molecule has 0 heterocycles. The average Bonchev–Trinajstić information content (AvgIpc) is 3.22. The molecule has 1 fully saturated rings. The highest BCUT2D eigenvalue weighted by Crippen LogP contribution is 2.29. The number of sulfonamides is 1. The molecule has 1 amide bonds. The van der Waals surface area contributed by atoms with Crippen LogP contribution in [0, 0.1) is 0 Å². The molecule has 0 saturated heterocycles. The first-order chi connectivity index (χ1) is 9.39. The van der Waals surface area contributed by atoms with Crippen molar-refractivity contribution in [1.29, 1.82) is 0 Å². The van der Waals surface area contributed by atoms with Gasteiger partial charge in [-0.1, -0.05) is 18.2 Å². The predicted molar refractivity (Wildman–Crippen MR) is 79.0 cm³/mol. The number of carbonyl (C=O) groups excluding carboxylic acids is 1. The van der Waals surface area contributed by atoms with Crippen molar-refractivity contribution < 1.29 is 13.2 Å². The Balaban J connectivity index is 1.94. The van der Waals surface area contributed by atoms with Gasteiger partial charge in [0, 0.05) is 31.7 Å². The first-order valence-corrected chi connectivity index (χ1v) is 8.53. The highest BCUT2D eigenvalue weighted by atomic mass is 32.2. The Bertz CT molecular complexity index is 567. The summed E-state index contributed by atoms with van der Waals surface area (Å²) in [7, 11) is -1.52. The third kappa shape index (κ3) is 3.80. The van der Waals surface area contributed by atoms with Gasteiger partial charge >= 0.3 is 0 Å². The number of para-hydroxylation sites is 1. The molecule has 2 rings (SSSR count). The lowest BCUT2D eigenvalue weighted by Gasteiger charge is -2.22. The minimum Gasteiger partial charge on any atom is -0.315 e. The smallest absolute Gasteiger partial charge is 0.228 e. The normalized spacial score (nSPS) is 15.3. The number of benzene rings is 1. The van der Waals surface area contributed by atoms with E-state index in [1.165, 1.54) is 10.6 Å². The van der Waals surface area contributed by atoms with Crippen molar-refractivity contribution >= 4 is 21.6 Å². The minimum atomic E-state index is -3.23. The minimum absolute atomic E-state index is 0.0782. The summed E-state index contributed by atoms with van der Waals surface area (Å²) in [4.78, 5) is 13.7. The van der Waals surface area contributed by atoms with Gasteiger partial charge in [-0.3, -0.25) is 4.79 Å². The maximum Gasteiger partial charge on any atom is 0.228 e. The van der Waals surface area contributed by atoms with Crippen LogP contribution in [0.25, 0.3) is 0 Å². The van der Waals surface area contributed by atoms with Crippen LogP contribution in [0.4, 0.5) is 5.69 Å². The molecular formula is C14H20N2O3S. The number of amides is 1. The van der Waals surface area contributed by atoms with Gasteiger partial charge in [0.05, 0.1) is 6.26 Å². The topological polar surface area (TPSA) is 57.7 Å². The molecule has 1 aliphatic carbocycles. The molecule has 0 N–H and O–H groups in total. The number of rotatable bonds is 6. The first kappa shape index (κ1) is 15.0. The van der Waals surface area contributed by atoms with Crippen molar-refractivity contribution in [1.82, 2.24) is 4.31 Å². The zero-order valence-electron chi connectivity index (χ0n) is 11.8. The van der Waals surface area contributed by atoms with Gasteiger partial charge in [0.2, 0.25) is 15.9 Å². The van der Waals surface area contributed by atoms with Gasteiger partial charge in [-0.2, -0.15) is 4.31 Å². The summed E-state index contributed by atoms with van der Waals surface area (Å²) >= 11 is 0. The highest BCUT2D eigenvalue weighted by molar-refractivity contribution is 7.88. The van der Waals surface area contributed by atoms with Gasteiger partial charge in [-0.15, -0.1) is 0 Å². The van der Waals surface area contributed by atoms with E-state index in [1.54, 1.807) is 11.9 Å². The summed E-state index contributed by atoms with van der Waals surface area (Å²) in [6.45, 7) is 0.263. The van der Waals surface area contributed by atoms with E-state index in [0.29, 0.717) is 0 Å².